The Kier molecular flexibility index (Phi) is 12.9. The van der Waals surface area contributed by atoms with Crippen molar-refractivity contribution in [2.75, 3.05) is 6.61 Å². The molecule has 0 aromatic rings. The van der Waals surface area contributed by atoms with Crippen LogP contribution in [0.15, 0.2) is 24.8 Å². The van der Waals surface area contributed by atoms with Gasteiger partial charge in [-0.05, 0) is 19.3 Å². The Morgan fingerprint density at radius 2 is 1.33 bits per heavy atom. The molecule has 0 aliphatic rings. The molecule has 1 heteroatoms. The first-order valence-corrected chi connectivity index (χ1v) is 6.30. The molecule has 0 bridgehead atoms. The van der Waals surface area contributed by atoms with E-state index in [4.69, 9.17) is 5.11 Å². The van der Waals surface area contributed by atoms with Crippen LogP contribution in [-0.4, -0.2) is 11.7 Å². The highest BCUT2D eigenvalue weighted by Gasteiger charge is 1.90. The first-order chi connectivity index (χ1) is 7.41. The molecule has 15 heavy (non-hydrogen) atoms. The zero-order chi connectivity index (χ0) is 11.2. The molecule has 0 unspecified atom stereocenters. The van der Waals surface area contributed by atoms with E-state index in [9.17, 15) is 0 Å². The maximum atomic E-state index is 8.60. The van der Waals surface area contributed by atoms with Crippen molar-refractivity contribution in [3.05, 3.63) is 24.8 Å². The van der Waals surface area contributed by atoms with Gasteiger partial charge < -0.3 is 5.11 Å². The third-order valence-electron chi connectivity index (χ3n) is 2.55. The SMILES string of the molecule is C=C/C=C/CCCCCCCCCCO. The Balaban J connectivity index is 2.92. The summed E-state index contributed by atoms with van der Waals surface area (Å²) >= 11 is 0. The lowest BCUT2D eigenvalue weighted by atomic mass is 10.1. The summed E-state index contributed by atoms with van der Waals surface area (Å²) in [6.45, 7) is 4.00. The summed E-state index contributed by atoms with van der Waals surface area (Å²) in [4.78, 5) is 0. The quantitative estimate of drug-likeness (QED) is 0.399. The van der Waals surface area contributed by atoms with Gasteiger partial charge in [0.05, 0.1) is 0 Å². The predicted molar refractivity (Wildman–Crippen MR) is 68.0 cm³/mol. The highest BCUT2D eigenvalue weighted by molar-refractivity contribution is 4.96. The van der Waals surface area contributed by atoms with Gasteiger partial charge in [0, 0.05) is 6.61 Å². The Bertz CT molecular complexity index is 149. The second kappa shape index (κ2) is 13.4. The number of hydrogen-bond acceptors (Lipinski definition) is 1. The van der Waals surface area contributed by atoms with E-state index in [1.165, 1.54) is 51.4 Å². The van der Waals surface area contributed by atoms with E-state index in [-0.39, 0.29) is 0 Å². The fourth-order valence-electron chi connectivity index (χ4n) is 1.63. The molecule has 88 valence electrons. The van der Waals surface area contributed by atoms with Gasteiger partial charge in [-0.3, -0.25) is 0 Å². The van der Waals surface area contributed by atoms with Crippen LogP contribution in [-0.2, 0) is 0 Å². The molecule has 0 aliphatic carbocycles. The van der Waals surface area contributed by atoms with E-state index in [1.807, 2.05) is 12.2 Å². The van der Waals surface area contributed by atoms with Crippen molar-refractivity contribution in [1.82, 2.24) is 0 Å². The minimum atomic E-state index is 0.357. The third kappa shape index (κ3) is 13.4. The Hall–Kier alpha value is -0.560. The smallest absolute Gasteiger partial charge is 0.0431 e. The van der Waals surface area contributed by atoms with Gasteiger partial charge in [-0.1, -0.05) is 63.3 Å². The maximum Gasteiger partial charge on any atom is 0.0431 e. The number of hydrogen-bond donors (Lipinski definition) is 1. The summed E-state index contributed by atoms with van der Waals surface area (Å²) in [7, 11) is 0. The lowest BCUT2D eigenvalue weighted by Gasteiger charge is -2.00. The van der Waals surface area contributed by atoms with E-state index < -0.39 is 0 Å². The van der Waals surface area contributed by atoms with Gasteiger partial charge in [0.1, 0.15) is 0 Å². The van der Waals surface area contributed by atoms with E-state index in [0.29, 0.717) is 6.61 Å². The van der Waals surface area contributed by atoms with Crippen molar-refractivity contribution in [2.24, 2.45) is 0 Å². The first-order valence-electron chi connectivity index (χ1n) is 6.30. The average Bonchev–Trinajstić information content (AvgIpc) is 2.26. The molecule has 0 radical (unpaired) electrons. The Morgan fingerprint density at radius 3 is 1.87 bits per heavy atom. The van der Waals surface area contributed by atoms with Crippen molar-refractivity contribution in [1.29, 1.82) is 0 Å². The fraction of sp³-hybridized carbons (Fsp3) is 0.714. The first kappa shape index (κ1) is 14.4. The number of aliphatic hydroxyl groups is 1. The van der Waals surface area contributed by atoms with Gasteiger partial charge in [0.15, 0.2) is 0 Å². The zero-order valence-electron chi connectivity index (χ0n) is 9.96. The molecule has 0 saturated heterocycles. The Morgan fingerprint density at radius 1 is 0.800 bits per heavy atom. The van der Waals surface area contributed by atoms with Gasteiger partial charge in [0.25, 0.3) is 0 Å². The average molecular weight is 210 g/mol. The summed E-state index contributed by atoms with van der Waals surface area (Å²) in [5, 5.41) is 8.60. The highest BCUT2D eigenvalue weighted by atomic mass is 16.2. The van der Waals surface area contributed by atoms with Gasteiger partial charge in [-0.15, -0.1) is 0 Å². The molecule has 0 fully saturated rings. The summed E-state index contributed by atoms with van der Waals surface area (Å²) in [5.41, 5.74) is 0. The van der Waals surface area contributed by atoms with E-state index >= 15 is 0 Å². The molecule has 0 saturated carbocycles. The van der Waals surface area contributed by atoms with Gasteiger partial charge in [-0.2, -0.15) is 0 Å². The molecule has 1 N–H and O–H groups in total. The molecule has 0 atom stereocenters. The largest absolute Gasteiger partial charge is 0.396 e. The minimum absolute atomic E-state index is 0.357. The van der Waals surface area contributed by atoms with Crippen LogP contribution in [0.4, 0.5) is 0 Å². The van der Waals surface area contributed by atoms with Crippen LogP contribution < -0.4 is 0 Å². The molecule has 1 nitrogen and oxygen atoms in total. The summed E-state index contributed by atoms with van der Waals surface area (Å²) < 4.78 is 0. The topological polar surface area (TPSA) is 20.2 Å². The van der Waals surface area contributed by atoms with Crippen LogP contribution in [0, 0.1) is 0 Å². The van der Waals surface area contributed by atoms with E-state index in [1.54, 1.807) is 0 Å². The molecular formula is C14H26O. The molecule has 0 rings (SSSR count). The summed E-state index contributed by atoms with van der Waals surface area (Å²) in [5.74, 6) is 0. The van der Waals surface area contributed by atoms with Crippen LogP contribution in [0.2, 0.25) is 0 Å². The number of aliphatic hydroxyl groups excluding tert-OH is 1. The third-order valence-corrected chi connectivity index (χ3v) is 2.55. The van der Waals surface area contributed by atoms with Crippen LogP contribution in [0.25, 0.3) is 0 Å². The standard InChI is InChI=1S/C14H26O/c1-2-3-4-5-6-7-8-9-10-11-12-13-14-15/h2-4,15H,1,5-14H2/b4-3+. The van der Waals surface area contributed by atoms with Crippen LogP contribution >= 0.6 is 0 Å². The molecule has 0 heterocycles. The van der Waals surface area contributed by atoms with Crippen molar-refractivity contribution in [3.8, 4) is 0 Å². The highest BCUT2D eigenvalue weighted by Crippen LogP contribution is 2.09. The molecule has 0 aliphatic heterocycles. The van der Waals surface area contributed by atoms with Crippen molar-refractivity contribution >= 4 is 0 Å². The van der Waals surface area contributed by atoms with Crippen LogP contribution in [0.1, 0.15) is 57.8 Å². The molecular weight excluding hydrogens is 184 g/mol. The Labute approximate surface area is 94.9 Å². The second-order valence-corrected chi connectivity index (χ2v) is 4.00. The van der Waals surface area contributed by atoms with Crippen LogP contribution in [0.5, 0.6) is 0 Å². The van der Waals surface area contributed by atoms with Gasteiger partial charge >= 0.3 is 0 Å². The predicted octanol–water partition coefficient (Wildman–Crippen LogP) is 4.23. The van der Waals surface area contributed by atoms with Crippen LogP contribution in [0.3, 0.4) is 0 Å². The number of unbranched alkanes of at least 4 members (excludes halogenated alkanes) is 8. The second-order valence-electron chi connectivity index (χ2n) is 4.00. The van der Waals surface area contributed by atoms with Gasteiger partial charge in [0.2, 0.25) is 0 Å². The molecule has 0 amide bonds. The van der Waals surface area contributed by atoms with Crippen molar-refractivity contribution in [2.45, 2.75) is 57.8 Å². The maximum absolute atomic E-state index is 8.60. The lowest BCUT2D eigenvalue weighted by Crippen LogP contribution is -1.84. The summed E-state index contributed by atoms with van der Waals surface area (Å²) in [6, 6.07) is 0. The number of rotatable bonds is 11. The lowest BCUT2D eigenvalue weighted by molar-refractivity contribution is 0.282. The normalized spacial score (nSPS) is 11.0. The fourth-order valence-corrected chi connectivity index (χ4v) is 1.63. The molecule has 0 aromatic heterocycles. The minimum Gasteiger partial charge on any atom is -0.396 e. The van der Waals surface area contributed by atoms with Crippen molar-refractivity contribution in [3.63, 3.8) is 0 Å². The summed E-state index contributed by atoms with van der Waals surface area (Å²) in [6.07, 6.45) is 17.4. The molecule has 0 aromatic carbocycles. The van der Waals surface area contributed by atoms with E-state index in [0.717, 1.165) is 6.42 Å². The number of allylic oxidation sites excluding steroid dienone is 3. The van der Waals surface area contributed by atoms with Gasteiger partial charge in [-0.25, -0.2) is 0 Å². The monoisotopic (exact) mass is 210 g/mol. The zero-order valence-corrected chi connectivity index (χ0v) is 9.96. The van der Waals surface area contributed by atoms with Crippen molar-refractivity contribution < 1.29 is 5.11 Å². The van der Waals surface area contributed by atoms with E-state index in [2.05, 4.69) is 12.7 Å². The molecule has 0 spiro atoms.